The molecule has 6 nitrogen and oxygen atoms in total. The van der Waals surface area contributed by atoms with Gasteiger partial charge in [-0.2, -0.15) is 0 Å². The van der Waals surface area contributed by atoms with E-state index in [0.717, 1.165) is 4.90 Å². The van der Waals surface area contributed by atoms with Crippen molar-refractivity contribution in [1.29, 1.82) is 0 Å². The average Bonchev–Trinajstić information content (AvgIpc) is 2.66. The topological polar surface area (TPSA) is 98.1 Å². The van der Waals surface area contributed by atoms with E-state index in [1.165, 1.54) is 23.9 Å². The number of hydrogen-bond donors (Lipinski definition) is 3. The minimum absolute atomic E-state index is 0.0686. The van der Waals surface area contributed by atoms with Crippen LogP contribution in [0, 0.1) is 0 Å². The molecule has 8 heteroatoms. The molecule has 0 saturated carbocycles. The summed E-state index contributed by atoms with van der Waals surface area (Å²) in [5.41, 5.74) is 1.02. The first-order chi connectivity index (χ1) is 11.9. The molecule has 0 radical (unpaired) electrons. The maximum absolute atomic E-state index is 12.7. The van der Waals surface area contributed by atoms with Gasteiger partial charge in [-0.15, -0.1) is 11.8 Å². The van der Waals surface area contributed by atoms with Gasteiger partial charge in [0.25, 0.3) is 5.91 Å². The quantitative estimate of drug-likeness (QED) is 0.758. The molecule has 130 valence electrons. The van der Waals surface area contributed by atoms with Gasteiger partial charge in [0.15, 0.2) is 0 Å². The number of carboxylic acids is 1. The summed E-state index contributed by atoms with van der Waals surface area (Å²) in [5, 5.41) is 28.9. The number of fused-ring (bicyclic) bond motifs is 1. The van der Waals surface area contributed by atoms with Crippen molar-refractivity contribution in [3.8, 4) is 5.75 Å². The van der Waals surface area contributed by atoms with E-state index in [2.05, 4.69) is 0 Å². The molecule has 1 aliphatic rings. The SMILES string of the molecule is O=C(O)CN1C(=O)C(O)C(c2ccc(O)cc2)Sc2cc(Cl)ccc21. The Bertz CT molecular complexity index is 826. The van der Waals surface area contributed by atoms with Gasteiger partial charge < -0.3 is 15.3 Å². The maximum Gasteiger partial charge on any atom is 0.323 e. The van der Waals surface area contributed by atoms with Gasteiger partial charge in [-0.25, -0.2) is 0 Å². The number of aliphatic hydroxyl groups is 1. The van der Waals surface area contributed by atoms with E-state index < -0.39 is 29.8 Å². The fraction of sp³-hybridized carbons (Fsp3) is 0.176. The van der Waals surface area contributed by atoms with Gasteiger partial charge in [0, 0.05) is 9.92 Å². The van der Waals surface area contributed by atoms with E-state index in [1.54, 1.807) is 30.3 Å². The number of anilines is 1. The summed E-state index contributed by atoms with van der Waals surface area (Å²) in [6, 6.07) is 10.9. The Morgan fingerprint density at radius 3 is 2.52 bits per heavy atom. The van der Waals surface area contributed by atoms with Gasteiger partial charge in [-0.3, -0.25) is 14.5 Å². The van der Waals surface area contributed by atoms with Gasteiger partial charge in [-0.1, -0.05) is 23.7 Å². The van der Waals surface area contributed by atoms with Crippen LogP contribution in [0.4, 0.5) is 5.69 Å². The number of aliphatic hydroxyl groups excluding tert-OH is 1. The van der Waals surface area contributed by atoms with Crippen molar-refractivity contribution in [3.63, 3.8) is 0 Å². The number of thioether (sulfide) groups is 1. The zero-order chi connectivity index (χ0) is 18.1. The van der Waals surface area contributed by atoms with E-state index in [9.17, 15) is 19.8 Å². The molecular formula is C17H14ClNO5S. The molecule has 1 heterocycles. The number of hydrogen-bond acceptors (Lipinski definition) is 5. The van der Waals surface area contributed by atoms with E-state index in [1.807, 2.05) is 0 Å². The smallest absolute Gasteiger partial charge is 0.323 e. The third kappa shape index (κ3) is 3.58. The van der Waals surface area contributed by atoms with Crippen LogP contribution in [0.25, 0.3) is 0 Å². The fourth-order valence-electron chi connectivity index (χ4n) is 2.63. The van der Waals surface area contributed by atoms with Crippen molar-refractivity contribution in [1.82, 2.24) is 0 Å². The molecule has 0 fully saturated rings. The molecule has 2 unspecified atom stereocenters. The first kappa shape index (κ1) is 17.6. The minimum Gasteiger partial charge on any atom is -0.508 e. The van der Waals surface area contributed by atoms with Gasteiger partial charge in [-0.05, 0) is 35.9 Å². The highest BCUT2D eigenvalue weighted by atomic mass is 35.5. The number of carbonyl (C=O) groups excluding carboxylic acids is 1. The number of carboxylic acid groups (broad SMARTS) is 1. The van der Waals surface area contributed by atoms with Gasteiger partial charge in [0.1, 0.15) is 18.4 Å². The number of phenolic OH excluding ortho intramolecular Hbond substituents is 1. The van der Waals surface area contributed by atoms with E-state index in [0.29, 0.717) is 21.2 Å². The predicted octanol–water partition coefficient (Wildman–Crippen LogP) is 2.67. The Balaban J connectivity index is 2.09. The fourth-order valence-corrected chi connectivity index (χ4v) is 4.17. The van der Waals surface area contributed by atoms with Crippen LogP contribution in [0.3, 0.4) is 0 Å². The van der Waals surface area contributed by atoms with Gasteiger partial charge in [0.05, 0.1) is 10.9 Å². The molecule has 3 rings (SSSR count). The van der Waals surface area contributed by atoms with Crippen LogP contribution in [0.1, 0.15) is 10.8 Å². The number of rotatable bonds is 3. The highest BCUT2D eigenvalue weighted by Gasteiger charge is 2.38. The summed E-state index contributed by atoms with van der Waals surface area (Å²) in [7, 11) is 0. The minimum atomic E-state index is -1.44. The standard InChI is InChI=1S/C17H14ClNO5S/c18-10-3-6-12-13(7-10)25-16(9-1-4-11(20)5-2-9)15(23)17(24)19(12)8-14(21)22/h1-7,15-16,20,23H,8H2,(H,21,22). The second-order valence-corrected chi connectivity index (χ2v) is 7.12. The van der Waals surface area contributed by atoms with Gasteiger partial charge >= 0.3 is 5.97 Å². The van der Waals surface area contributed by atoms with Crippen molar-refractivity contribution < 1.29 is 24.9 Å². The molecule has 2 aromatic rings. The van der Waals surface area contributed by atoms with Crippen LogP contribution >= 0.6 is 23.4 Å². The second-order valence-electron chi connectivity index (χ2n) is 5.50. The van der Waals surface area contributed by atoms with E-state index >= 15 is 0 Å². The summed E-state index contributed by atoms with van der Waals surface area (Å²) in [6.07, 6.45) is -1.44. The van der Waals surface area contributed by atoms with Crippen molar-refractivity contribution in [3.05, 3.63) is 53.1 Å². The largest absolute Gasteiger partial charge is 0.508 e. The summed E-state index contributed by atoms with van der Waals surface area (Å²) in [6.45, 7) is -0.562. The second kappa shape index (κ2) is 6.95. The number of halogens is 1. The summed E-state index contributed by atoms with van der Waals surface area (Å²) in [4.78, 5) is 25.5. The normalized spacial score (nSPS) is 20.1. The number of benzene rings is 2. The molecule has 1 aliphatic heterocycles. The van der Waals surface area contributed by atoms with Crippen LogP contribution in [0.15, 0.2) is 47.4 Å². The van der Waals surface area contributed by atoms with Crippen molar-refractivity contribution in [2.75, 3.05) is 11.4 Å². The van der Waals surface area contributed by atoms with Crippen molar-refractivity contribution in [2.45, 2.75) is 16.2 Å². The number of aromatic hydroxyl groups is 1. The number of nitrogens with zero attached hydrogens (tertiary/aromatic N) is 1. The van der Waals surface area contributed by atoms with Crippen LogP contribution in [-0.4, -0.2) is 39.8 Å². The Labute approximate surface area is 152 Å². The lowest BCUT2D eigenvalue weighted by Gasteiger charge is -2.23. The monoisotopic (exact) mass is 379 g/mol. The third-order valence-corrected chi connectivity index (χ3v) is 5.39. The number of amides is 1. The number of aliphatic carboxylic acids is 1. The molecule has 0 bridgehead atoms. The Hall–Kier alpha value is -2.22. The zero-order valence-corrected chi connectivity index (χ0v) is 14.4. The van der Waals surface area contributed by atoms with Crippen LogP contribution < -0.4 is 4.90 Å². The summed E-state index contributed by atoms with van der Waals surface area (Å²) >= 11 is 7.26. The summed E-state index contributed by atoms with van der Waals surface area (Å²) < 4.78 is 0. The first-order valence-electron chi connectivity index (χ1n) is 7.33. The molecule has 0 saturated heterocycles. The first-order valence-corrected chi connectivity index (χ1v) is 8.59. The zero-order valence-electron chi connectivity index (χ0n) is 12.8. The molecule has 2 atom stereocenters. The Kier molecular flexibility index (Phi) is 4.89. The average molecular weight is 380 g/mol. The molecule has 25 heavy (non-hydrogen) atoms. The molecule has 2 aromatic carbocycles. The molecular weight excluding hydrogens is 366 g/mol. The molecule has 0 spiro atoms. The molecule has 3 N–H and O–H groups in total. The lowest BCUT2D eigenvalue weighted by molar-refractivity contribution is -0.137. The highest BCUT2D eigenvalue weighted by molar-refractivity contribution is 7.99. The van der Waals surface area contributed by atoms with Crippen molar-refractivity contribution >= 4 is 40.9 Å². The van der Waals surface area contributed by atoms with Crippen LogP contribution in [-0.2, 0) is 9.59 Å². The Morgan fingerprint density at radius 2 is 1.88 bits per heavy atom. The number of carbonyl (C=O) groups is 2. The van der Waals surface area contributed by atoms with E-state index in [4.69, 9.17) is 16.7 Å². The predicted molar refractivity (Wildman–Crippen MR) is 94.2 cm³/mol. The maximum atomic E-state index is 12.7. The summed E-state index contributed by atoms with van der Waals surface area (Å²) in [5.74, 6) is -1.82. The number of phenols is 1. The van der Waals surface area contributed by atoms with Crippen LogP contribution in [0.2, 0.25) is 5.02 Å². The van der Waals surface area contributed by atoms with Crippen molar-refractivity contribution in [2.24, 2.45) is 0 Å². The molecule has 1 amide bonds. The lowest BCUT2D eigenvalue weighted by atomic mass is 10.1. The third-order valence-electron chi connectivity index (χ3n) is 3.79. The lowest BCUT2D eigenvalue weighted by Crippen LogP contribution is -2.43. The highest BCUT2D eigenvalue weighted by Crippen LogP contribution is 2.46. The van der Waals surface area contributed by atoms with E-state index in [-0.39, 0.29) is 5.75 Å². The molecule has 0 aromatic heterocycles. The van der Waals surface area contributed by atoms with Gasteiger partial charge in [0.2, 0.25) is 0 Å². The molecule has 0 aliphatic carbocycles. The van der Waals surface area contributed by atoms with Crippen LogP contribution in [0.5, 0.6) is 5.75 Å². The Morgan fingerprint density at radius 1 is 1.20 bits per heavy atom.